The molecule has 3 aromatic rings. The van der Waals surface area contributed by atoms with E-state index < -0.39 is 36.6 Å². The van der Waals surface area contributed by atoms with E-state index in [0.29, 0.717) is 10.4 Å². The monoisotopic (exact) mass is 596 g/mol. The molecule has 4 rings (SSSR count). The Balaban J connectivity index is 1.62. The van der Waals surface area contributed by atoms with Gasteiger partial charge in [0.1, 0.15) is 22.7 Å². The standard InChI is InChI=1S/C25H20N6O8S2/c1-2-16(23-22(15-27)28-30(25(23)33)17-9-11-18(12-10-17)40(34,35)36)8-13-20-21(14-26)29-31(24(20)32)39-41(37,38)19-6-4-3-5-7-19/h3-7,9-12,29H,2,8,13H2,1H3,(H,34,35,36). The van der Waals surface area contributed by atoms with Crippen LogP contribution in [0, 0.1) is 22.7 Å². The van der Waals surface area contributed by atoms with Gasteiger partial charge in [-0.15, -0.1) is 0 Å². The lowest BCUT2D eigenvalue weighted by Crippen LogP contribution is -2.30. The number of benzene rings is 2. The van der Waals surface area contributed by atoms with Crippen LogP contribution in [-0.2, 0) is 31.5 Å². The first-order valence-electron chi connectivity index (χ1n) is 11.8. The fourth-order valence-corrected chi connectivity index (χ4v) is 5.40. The van der Waals surface area contributed by atoms with Crippen molar-refractivity contribution in [1.82, 2.24) is 9.94 Å². The fraction of sp³-hybridized carbons (Fsp3) is 0.160. The number of amides is 1. The second kappa shape index (κ2) is 11.2. The number of anilines is 1. The molecule has 0 bridgehead atoms. The normalized spacial score (nSPS) is 14.8. The van der Waals surface area contributed by atoms with Crippen LogP contribution in [0.1, 0.15) is 31.0 Å². The maximum absolute atomic E-state index is 13.3. The Hall–Kier alpha value is -5.03. The number of carbonyl (C=O) groups is 1. The van der Waals surface area contributed by atoms with E-state index in [0.717, 1.165) is 17.1 Å². The van der Waals surface area contributed by atoms with E-state index in [-0.39, 0.29) is 52.4 Å². The number of hydrazone groups is 1. The van der Waals surface area contributed by atoms with Gasteiger partial charge in [-0.25, -0.2) is 0 Å². The van der Waals surface area contributed by atoms with Crippen molar-refractivity contribution in [2.24, 2.45) is 5.10 Å². The molecule has 0 unspecified atom stereocenters. The molecule has 210 valence electrons. The van der Waals surface area contributed by atoms with Crippen molar-refractivity contribution in [1.29, 1.82) is 10.5 Å². The molecule has 16 heteroatoms. The maximum Gasteiger partial charge on any atom is 0.358 e. The van der Waals surface area contributed by atoms with E-state index in [1.165, 1.54) is 36.4 Å². The number of nitriles is 2. The van der Waals surface area contributed by atoms with Crippen LogP contribution in [0.4, 0.5) is 5.69 Å². The van der Waals surface area contributed by atoms with Gasteiger partial charge < -0.3 is 0 Å². The zero-order chi connectivity index (χ0) is 29.9. The van der Waals surface area contributed by atoms with Gasteiger partial charge in [0, 0.05) is 0 Å². The van der Waals surface area contributed by atoms with E-state index in [1.54, 1.807) is 19.1 Å². The van der Waals surface area contributed by atoms with Gasteiger partial charge in [-0.1, -0.05) is 35.5 Å². The molecule has 2 aromatic carbocycles. The summed E-state index contributed by atoms with van der Waals surface area (Å²) in [5.41, 5.74) is -0.930. The first-order chi connectivity index (χ1) is 19.4. The molecule has 1 aliphatic heterocycles. The van der Waals surface area contributed by atoms with Gasteiger partial charge >= 0.3 is 15.7 Å². The minimum Gasteiger partial charge on any atom is -0.282 e. The van der Waals surface area contributed by atoms with E-state index in [4.69, 9.17) is 4.28 Å². The summed E-state index contributed by atoms with van der Waals surface area (Å²) in [5, 5.41) is 26.4. The van der Waals surface area contributed by atoms with E-state index in [1.807, 2.05) is 6.07 Å². The lowest BCUT2D eigenvalue weighted by atomic mass is 9.95. The Morgan fingerprint density at radius 2 is 1.66 bits per heavy atom. The van der Waals surface area contributed by atoms with Crippen molar-refractivity contribution in [2.45, 2.75) is 36.0 Å². The number of carbonyl (C=O) groups excluding carboxylic acids is 1. The summed E-state index contributed by atoms with van der Waals surface area (Å²) in [7, 11) is -8.86. The number of hydrogen-bond acceptors (Lipinski definition) is 10. The quantitative estimate of drug-likeness (QED) is 0.269. The van der Waals surface area contributed by atoms with Gasteiger partial charge in [0.05, 0.1) is 21.7 Å². The van der Waals surface area contributed by atoms with Crippen LogP contribution in [-0.4, -0.2) is 43.0 Å². The average molecular weight is 597 g/mol. The van der Waals surface area contributed by atoms with E-state index >= 15 is 0 Å². The first kappa shape index (κ1) is 29.0. The molecule has 0 fully saturated rings. The smallest absolute Gasteiger partial charge is 0.282 e. The molecule has 0 saturated heterocycles. The number of nitrogens with zero attached hydrogens (tertiary/aromatic N) is 5. The highest BCUT2D eigenvalue weighted by molar-refractivity contribution is 7.87. The Morgan fingerprint density at radius 1 is 1.00 bits per heavy atom. The molecule has 0 saturated carbocycles. The molecule has 0 spiro atoms. The number of H-pyrrole nitrogens is 1. The molecule has 0 aliphatic carbocycles. The van der Waals surface area contributed by atoms with Crippen molar-refractivity contribution in [3.05, 3.63) is 87.4 Å². The Labute approximate surface area is 233 Å². The van der Waals surface area contributed by atoms with Crippen LogP contribution in [0.5, 0.6) is 0 Å². The van der Waals surface area contributed by atoms with Crippen LogP contribution in [0.25, 0.3) is 0 Å². The molecular formula is C25H20N6O8S2. The van der Waals surface area contributed by atoms with E-state index in [2.05, 4.69) is 10.2 Å². The molecule has 0 radical (unpaired) electrons. The van der Waals surface area contributed by atoms with Crippen LogP contribution in [0.2, 0.25) is 0 Å². The van der Waals surface area contributed by atoms with Crippen LogP contribution < -0.4 is 14.9 Å². The van der Waals surface area contributed by atoms with Gasteiger partial charge in [0.15, 0.2) is 5.71 Å². The highest BCUT2D eigenvalue weighted by atomic mass is 32.2. The highest BCUT2D eigenvalue weighted by Gasteiger charge is 2.34. The molecule has 2 heterocycles. The van der Waals surface area contributed by atoms with Crippen molar-refractivity contribution >= 4 is 37.5 Å². The Bertz CT molecular complexity index is 1940. The second-order valence-corrected chi connectivity index (χ2v) is 11.4. The van der Waals surface area contributed by atoms with Gasteiger partial charge in [-0.2, -0.15) is 37.5 Å². The maximum atomic E-state index is 13.3. The average Bonchev–Trinajstić information content (AvgIpc) is 3.44. The number of hydrogen-bond donors (Lipinski definition) is 2. The van der Waals surface area contributed by atoms with Crippen molar-refractivity contribution in [3.63, 3.8) is 0 Å². The second-order valence-electron chi connectivity index (χ2n) is 8.50. The predicted octanol–water partition coefficient (Wildman–Crippen LogP) is 1.68. The van der Waals surface area contributed by atoms with Gasteiger partial charge in [-0.05, 0) is 55.7 Å². The summed E-state index contributed by atoms with van der Waals surface area (Å²) in [6.07, 6.45) is 0.180. The number of nitrogens with one attached hydrogen (secondary N) is 1. The molecule has 1 amide bonds. The zero-order valence-corrected chi connectivity index (χ0v) is 22.8. The summed E-state index contributed by atoms with van der Waals surface area (Å²) >= 11 is 0. The third-order valence-electron chi connectivity index (χ3n) is 6.06. The molecule has 14 nitrogen and oxygen atoms in total. The lowest BCUT2D eigenvalue weighted by Gasteiger charge is -2.13. The van der Waals surface area contributed by atoms with Gasteiger partial charge in [0.25, 0.3) is 16.0 Å². The number of rotatable bonds is 9. The first-order valence-corrected chi connectivity index (χ1v) is 14.6. The third-order valence-corrected chi connectivity index (χ3v) is 8.12. The topological polar surface area (TPSA) is 216 Å². The molecule has 0 atom stereocenters. The third kappa shape index (κ3) is 5.80. The molecule has 2 N–H and O–H groups in total. The van der Waals surface area contributed by atoms with Gasteiger partial charge in [0.2, 0.25) is 0 Å². The van der Waals surface area contributed by atoms with E-state index in [9.17, 15) is 41.5 Å². The summed E-state index contributed by atoms with van der Waals surface area (Å²) in [6.45, 7) is 1.71. The number of allylic oxidation sites excluding steroid dienone is 1. The van der Waals surface area contributed by atoms with Crippen LogP contribution in [0.3, 0.4) is 0 Å². The molecule has 1 aliphatic rings. The van der Waals surface area contributed by atoms with Crippen molar-refractivity contribution < 1.29 is 30.5 Å². The molecule has 1 aromatic heterocycles. The van der Waals surface area contributed by atoms with Gasteiger partial charge in [-0.3, -0.25) is 23.5 Å². The fourth-order valence-electron chi connectivity index (χ4n) is 4.04. The Kier molecular flexibility index (Phi) is 7.93. The lowest BCUT2D eigenvalue weighted by molar-refractivity contribution is -0.114. The Morgan fingerprint density at radius 3 is 2.22 bits per heavy atom. The zero-order valence-electron chi connectivity index (χ0n) is 21.2. The molecular weight excluding hydrogens is 576 g/mol. The summed E-state index contributed by atoms with van der Waals surface area (Å²) in [6, 6.07) is 15.3. The van der Waals surface area contributed by atoms with Crippen molar-refractivity contribution in [2.75, 3.05) is 5.01 Å². The van der Waals surface area contributed by atoms with Crippen LogP contribution >= 0.6 is 0 Å². The number of aromatic nitrogens is 2. The van der Waals surface area contributed by atoms with Crippen molar-refractivity contribution in [3.8, 4) is 12.1 Å². The predicted molar refractivity (Wildman–Crippen MR) is 142 cm³/mol. The largest absolute Gasteiger partial charge is 0.358 e. The molecule has 41 heavy (non-hydrogen) atoms. The SMILES string of the molecule is CCC(CCc1c(C#N)[nH]n(OS(=O)(=O)c2ccccc2)c1=O)=C1C(=O)N(c2ccc(S(=O)(=O)O)cc2)N=C1C#N. The highest BCUT2D eigenvalue weighted by Crippen LogP contribution is 2.29. The number of aromatic amines is 1. The van der Waals surface area contributed by atoms with Crippen LogP contribution in [0.15, 0.2) is 85.4 Å². The summed E-state index contributed by atoms with van der Waals surface area (Å²) in [4.78, 5) is 26.0. The minimum absolute atomic E-state index is 0.0221. The minimum atomic E-state index is -4.46. The summed E-state index contributed by atoms with van der Waals surface area (Å²) < 4.78 is 61.8. The summed E-state index contributed by atoms with van der Waals surface area (Å²) in [5.74, 6) is -0.678.